The van der Waals surface area contributed by atoms with Crippen LogP contribution in [-0.4, -0.2) is 47.2 Å². The van der Waals surface area contributed by atoms with Crippen LogP contribution < -0.4 is 9.64 Å². The van der Waals surface area contributed by atoms with Crippen LogP contribution in [-0.2, 0) is 11.3 Å². The SMILES string of the molecule is C=CC(=O)N=C1N=C2C=CC(c3ccc(OC(C)CC(C)CN(C)c4ccc(-c5nc6ccc(C)cc6s5)cc4)cc3)=CN2Cc2ccccc21. The Hall–Kier alpha value is -5.60. The summed E-state index contributed by atoms with van der Waals surface area (Å²) in [6.07, 6.45) is 8.32. The lowest BCUT2D eigenvalue weighted by molar-refractivity contribution is -0.113. The summed E-state index contributed by atoms with van der Waals surface area (Å²) in [5.41, 5.74) is 8.69. The number of ether oxygens (including phenoxy) is 1. The first kappa shape index (κ1) is 33.9. The second-order valence-electron chi connectivity index (χ2n) is 13.4. The molecule has 4 aromatic carbocycles. The summed E-state index contributed by atoms with van der Waals surface area (Å²) < 4.78 is 7.59. The molecule has 8 heteroatoms. The van der Waals surface area contributed by atoms with Crippen LogP contribution in [0.4, 0.5) is 5.69 Å². The number of hydrogen-bond acceptors (Lipinski definition) is 6. The molecule has 7 nitrogen and oxygen atoms in total. The van der Waals surface area contributed by atoms with Crippen molar-refractivity contribution in [1.29, 1.82) is 0 Å². The molecule has 256 valence electrons. The van der Waals surface area contributed by atoms with E-state index in [9.17, 15) is 4.79 Å². The number of aromatic nitrogens is 1. The Labute approximate surface area is 303 Å². The molecule has 3 heterocycles. The van der Waals surface area contributed by atoms with Gasteiger partial charge in [0.25, 0.3) is 5.91 Å². The minimum atomic E-state index is -0.412. The summed E-state index contributed by atoms with van der Waals surface area (Å²) in [4.78, 5) is 30.3. The summed E-state index contributed by atoms with van der Waals surface area (Å²) in [6, 6.07) is 31.3. The van der Waals surface area contributed by atoms with Crippen LogP contribution in [0.5, 0.6) is 5.75 Å². The number of allylic oxidation sites excluding steroid dienone is 2. The topological polar surface area (TPSA) is 70.4 Å². The number of amidine groups is 2. The molecule has 1 amide bonds. The average molecular weight is 692 g/mol. The van der Waals surface area contributed by atoms with E-state index in [1.54, 1.807) is 11.3 Å². The van der Waals surface area contributed by atoms with E-state index in [-0.39, 0.29) is 6.10 Å². The molecule has 51 heavy (non-hydrogen) atoms. The summed E-state index contributed by atoms with van der Waals surface area (Å²) >= 11 is 1.74. The first-order valence-electron chi connectivity index (χ1n) is 17.3. The number of thiazole rings is 1. The Balaban J connectivity index is 0.945. The normalized spacial score (nSPS) is 15.7. The molecule has 0 bridgehead atoms. The van der Waals surface area contributed by atoms with Gasteiger partial charge in [-0.2, -0.15) is 4.99 Å². The molecule has 2 aliphatic heterocycles. The van der Waals surface area contributed by atoms with Crippen LogP contribution >= 0.6 is 11.3 Å². The molecule has 7 rings (SSSR count). The molecule has 0 N–H and O–H groups in total. The van der Waals surface area contributed by atoms with Gasteiger partial charge in [-0.05, 0) is 115 Å². The average Bonchev–Trinajstić information content (AvgIpc) is 3.48. The monoisotopic (exact) mass is 691 g/mol. The van der Waals surface area contributed by atoms with Gasteiger partial charge in [-0.25, -0.2) is 9.98 Å². The van der Waals surface area contributed by atoms with Gasteiger partial charge in [0.05, 0.1) is 16.3 Å². The van der Waals surface area contributed by atoms with Gasteiger partial charge >= 0.3 is 0 Å². The van der Waals surface area contributed by atoms with E-state index in [1.165, 1.54) is 22.0 Å². The molecule has 5 aromatic rings. The van der Waals surface area contributed by atoms with Gasteiger partial charge in [0.2, 0.25) is 0 Å². The number of aliphatic imine (C=N–C) groups is 2. The molecule has 0 aliphatic carbocycles. The van der Waals surface area contributed by atoms with Crippen molar-refractivity contribution in [3.63, 3.8) is 0 Å². The number of anilines is 1. The van der Waals surface area contributed by atoms with Gasteiger partial charge in [-0.1, -0.05) is 56.0 Å². The smallest absolute Gasteiger partial charge is 0.271 e. The van der Waals surface area contributed by atoms with Crippen LogP contribution in [0.25, 0.3) is 26.4 Å². The fraction of sp³-hybridized carbons (Fsp3) is 0.209. The third-order valence-electron chi connectivity index (χ3n) is 9.15. The third-order valence-corrected chi connectivity index (χ3v) is 10.2. The quantitative estimate of drug-likeness (QED) is 0.137. The van der Waals surface area contributed by atoms with Crippen LogP contribution in [0.1, 0.15) is 42.5 Å². The zero-order valence-electron chi connectivity index (χ0n) is 29.4. The summed E-state index contributed by atoms with van der Waals surface area (Å²) in [6.45, 7) is 11.6. The lowest BCUT2D eigenvalue weighted by Crippen LogP contribution is -2.27. The molecular weight excluding hydrogens is 651 g/mol. The van der Waals surface area contributed by atoms with Crippen LogP contribution in [0.3, 0.4) is 0 Å². The van der Waals surface area contributed by atoms with Crippen molar-refractivity contribution in [2.45, 2.75) is 39.8 Å². The number of rotatable bonds is 10. The minimum Gasteiger partial charge on any atom is -0.491 e. The maximum Gasteiger partial charge on any atom is 0.271 e. The predicted octanol–water partition coefficient (Wildman–Crippen LogP) is 9.49. The van der Waals surface area contributed by atoms with E-state index >= 15 is 0 Å². The van der Waals surface area contributed by atoms with E-state index in [0.29, 0.717) is 18.3 Å². The van der Waals surface area contributed by atoms with Gasteiger partial charge in [-0.3, -0.25) is 4.79 Å². The molecule has 2 aliphatic rings. The predicted molar refractivity (Wildman–Crippen MR) is 212 cm³/mol. The van der Waals surface area contributed by atoms with E-state index < -0.39 is 5.91 Å². The van der Waals surface area contributed by atoms with Crippen LogP contribution in [0.15, 0.2) is 132 Å². The second kappa shape index (κ2) is 14.7. The highest BCUT2D eigenvalue weighted by atomic mass is 32.1. The second-order valence-corrected chi connectivity index (χ2v) is 14.4. The first-order chi connectivity index (χ1) is 24.7. The zero-order valence-corrected chi connectivity index (χ0v) is 30.2. The van der Waals surface area contributed by atoms with Gasteiger partial charge in [0.15, 0.2) is 5.84 Å². The number of amides is 1. The number of aryl methyl sites for hydroxylation is 1. The fourth-order valence-corrected chi connectivity index (χ4v) is 7.70. The first-order valence-corrected chi connectivity index (χ1v) is 18.1. The molecule has 0 radical (unpaired) electrons. The Morgan fingerprint density at radius 2 is 1.78 bits per heavy atom. The lowest BCUT2D eigenvalue weighted by Gasteiger charge is -2.26. The number of fused-ring (bicyclic) bond motifs is 3. The molecule has 0 saturated carbocycles. The van der Waals surface area contributed by atoms with Crippen LogP contribution in [0.2, 0.25) is 0 Å². The standard InChI is InChI=1S/C43H41N5O2S/c1-6-41(49)46-42-37-10-8-7-9-34(37)27-48-26-33(16-22-40(48)45-42)31-14-19-36(20-15-31)50-30(4)23-29(3)25-47(5)35-17-12-32(13-18-35)43-44-38-21-11-28(2)24-39(38)51-43/h6-22,24,26,29-30H,1,23,25,27H2,2-5H3. The van der Waals surface area contributed by atoms with E-state index in [1.807, 2.05) is 48.6 Å². The third kappa shape index (κ3) is 7.76. The maximum absolute atomic E-state index is 12.1. The molecule has 1 aromatic heterocycles. The highest BCUT2D eigenvalue weighted by Crippen LogP contribution is 2.32. The number of carbonyl (C=O) groups excluding carboxylic acids is 1. The van der Waals surface area contributed by atoms with Gasteiger partial charge in [0, 0.05) is 43.2 Å². The lowest BCUT2D eigenvalue weighted by atomic mass is 10.0. The van der Waals surface area contributed by atoms with Crippen molar-refractivity contribution in [2.75, 3.05) is 18.5 Å². The number of nitrogens with zero attached hydrogens (tertiary/aromatic N) is 5. The largest absolute Gasteiger partial charge is 0.491 e. The van der Waals surface area contributed by atoms with Crippen molar-refractivity contribution in [3.05, 3.63) is 144 Å². The summed E-state index contributed by atoms with van der Waals surface area (Å²) in [5, 5.41) is 1.06. The number of carbonyl (C=O) groups is 1. The van der Waals surface area contributed by atoms with Crippen molar-refractivity contribution < 1.29 is 9.53 Å². The summed E-state index contributed by atoms with van der Waals surface area (Å²) in [7, 11) is 2.15. The van der Waals surface area contributed by atoms with E-state index in [0.717, 1.165) is 62.9 Å². The van der Waals surface area contributed by atoms with Crippen molar-refractivity contribution in [3.8, 4) is 16.3 Å². The molecule has 2 atom stereocenters. The summed E-state index contributed by atoms with van der Waals surface area (Å²) in [5.74, 6) is 2.01. The van der Waals surface area contributed by atoms with E-state index in [2.05, 4.69) is 110 Å². The Morgan fingerprint density at radius 3 is 2.57 bits per heavy atom. The molecule has 0 fully saturated rings. The molecule has 0 spiro atoms. The molecule has 0 saturated heterocycles. The fourth-order valence-electron chi connectivity index (χ4n) is 6.63. The van der Waals surface area contributed by atoms with Crippen molar-refractivity contribution in [1.82, 2.24) is 9.88 Å². The number of benzene rings is 4. The molecule has 2 unspecified atom stereocenters. The van der Waals surface area contributed by atoms with E-state index in [4.69, 9.17) is 14.7 Å². The highest BCUT2D eigenvalue weighted by Gasteiger charge is 2.22. The van der Waals surface area contributed by atoms with Crippen molar-refractivity contribution >= 4 is 50.4 Å². The zero-order chi connectivity index (χ0) is 35.5. The van der Waals surface area contributed by atoms with Gasteiger partial charge in [-0.15, -0.1) is 11.3 Å². The van der Waals surface area contributed by atoms with Gasteiger partial charge < -0.3 is 14.5 Å². The number of hydrogen-bond donors (Lipinski definition) is 0. The Morgan fingerprint density at radius 1 is 1.02 bits per heavy atom. The van der Waals surface area contributed by atoms with Gasteiger partial charge in [0.1, 0.15) is 16.6 Å². The Bertz CT molecular complexity index is 2210. The Kier molecular flexibility index (Phi) is 9.77. The van der Waals surface area contributed by atoms with Crippen LogP contribution in [0, 0.1) is 12.8 Å². The minimum absolute atomic E-state index is 0.0675. The maximum atomic E-state index is 12.1. The van der Waals surface area contributed by atoms with Crippen molar-refractivity contribution in [2.24, 2.45) is 15.9 Å². The molecular formula is C43H41N5O2S. The highest BCUT2D eigenvalue weighted by molar-refractivity contribution is 7.21.